The van der Waals surface area contributed by atoms with Gasteiger partial charge in [-0.25, -0.2) is 0 Å². The predicted molar refractivity (Wildman–Crippen MR) is 59.1 cm³/mol. The van der Waals surface area contributed by atoms with Gasteiger partial charge < -0.3 is 17.3 Å². The van der Waals surface area contributed by atoms with E-state index in [0.29, 0.717) is 0 Å². The fraction of sp³-hybridized carbons (Fsp3) is 0.200. The Labute approximate surface area is 102 Å². The van der Waals surface area contributed by atoms with Crippen LogP contribution in [0.15, 0.2) is 42.7 Å². The Kier molecular flexibility index (Phi) is 4.88. The number of rotatable bonds is 2. The van der Waals surface area contributed by atoms with Gasteiger partial charge in [-0.05, 0) is 5.56 Å². The lowest BCUT2D eigenvalue weighted by Crippen LogP contribution is -2.30. The second-order valence-electron chi connectivity index (χ2n) is 3.54. The van der Waals surface area contributed by atoms with E-state index in [-0.39, 0.29) is 0 Å². The van der Waals surface area contributed by atoms with Crippen LogP contribution in [0.4, 0.5) is 17.3 Å². The van der Waals surface area contributed by atoms with Crippen LogP contribution in [-0.4, -0.2) is 17.1 Å². The molecule has 18 heavy (non-hydrogen) atoms. The lowest BCUT2D eigenvalue weighted by atomic mass is 10.2. The molecule has 0 aliphatic rings. The van der Waals surface area contributed by atoms with Crippen LogP contribution in [0.25, 0.3) is 0 Å². The third kappa shape index (κ3) is 6.67. The third-order valence-corrected chi connectivity index (χ3v) is 1.90. The van der Waals surface area contributed by atoms with Gasteiger partial charge in [0.05, 0.1) is 5.21 Å². The fourth-order valence-electron chi connectivity index (χ4n) is 1.27. The maximum atomic E-state index is 9.75. The lowest BCUT2D eigenvalue weighted by molar-refractivity contribution is -0.732. The highest BCUT2D eigenvalue weighted by molar-refractivity contribution is 6.50. The molecule has 2 rings (SSSR count). The van der Waals surface area contributed by atoms with Gasteiger partial charge in [0.15, 0.2) is 12.4 Å². The first-order chi connectivity index (χ1) is 8.34. The van der Waals surface area contributed by atoms with Crippen molar-refractivity contribution >= 4 is 7.25 Å². The first-order valence-electron chi connectivity index (χ1n) is 5.15. The molecule has 0 radical (unpaired) electrons. The van der Waals surface area contributed by atoms with Crippen molar-refractivity contribution in [1.82, 2.24) is 9.90 Å². The maximum Gasteiger partial charge on any atom is 0.673 e. The highest BCUT2D eigenvalue weighted by atomic mass is 19.5. The molecule has 1 aromatic heterocycles. The van der Waals surface area contributed by atoms with Gasteiger partial charge in [-0.3, -0.25) is 0 Å². The summed E-state index contributed by atoms with van der Waals surface area (Å²) >= 11 is 0. The Morgan fingerprint density at radius 3 is 2.17 bits per heavy atom. The van der Waals surface area contributed by atoms with Crippen molar-refractivity contribution < 1.29 is 21.9 Å². The molecule has 0 aliphatic heterocycles. The molecular weight excluding hydrogens is 249 g/mol. The average molecular weight is 261 g/mol. The number of halogens is 4. The normalized spacial score (nSPS) is 10.7. The summed E-state index contributed by atoms with van der Waals surface area (Å²) in [5.74, 6) is 0. The first-order valence-corrected chi connectivity index (χ1v) is 5.15. The Morgan fingerprint density at radius 1 is 1.17 bits per heavy atom. The molecule has 0 bridgehead atoms. The fourth-order valence-corrected chi connectivity index (χ4v) is 1.27. The van der Waals surface area contributed by atoms with E-state index in [1.807, 2.05) is 42.3 Å². The molecule has 98 valence electrons. The molecule has 0 N–H and O–H groups in total. The Hall–Kier alpha value is -1.86. The summed E-state index contributed by atoms with van der Waals surface area (Å²) in [5.41, 5.74) is 1.27. The molecule has 1 aromatic carbocycles. The summed E-state index contributed by atoms with van der Waals surface area (Å²) in [4.78, 5) is 0. The highest BCUT2D eigenvalue weighted by Gasteiger charge is 2.20. The van der Waals surface area contributed by atoms with Crippen LogP contribution in [0, 0.1) is 0 Å². The molecule has 8 heteroatoms. The molecule has 3 nitrogen and oxygen atoms in total. The van der Waals surface area contributed by atoms with Crippen molar-refractivity contribution in [1.29, 1.82) is 0 Å². The minimum Gasteiger partial charge on any atom is -0.418 e. The standard InChI is InChI=1S/C10H12N3.BF4/c1-12-7-8-13(11-12)9-10-5-3-2-4-6-10;2-1(3,4)5/h2-8H,9H2,1H3;/q+1;-1. The third-order valence-electron chi connectivity index (χ3n) is 1.90. The Bertz CT molecular complexity index is 463. The smallest absolute Gasteiger partial charge is 0.418 e. The van der Waals surface area contributed by atoms with Crippen LogP contribution in [0.3, 0.4) is 0 Å². The van der Waals surface area contributed by atoms with Crippen LogP contribution in [0.2, 0.25) is 0 Å². The molecule has 1 heterocycles. The summed E-state index contributed by atoms with van der Waals surface area (Å²) in [7, 11) is -4.08. The van der Waals surface area contributed by atoms with E-state index in [2.05, 4.69) is 17.3 Å². The molecule has 0 saturated heterocycles. The topological polar surface area (TPSA) is 21.7 Å². The molecular formula is C10H12BF4N3. The first kappa shape index (κ1) is 14.2. The monoisotopic (exact) mass is 261 g/mol. The second-order valence-corrected chi connectivity index (χ2v) is 3.54. The van der Waals surface area contributed by atoms with Crippen molar-refractivity contribution in [3.05, 3.63) is 48.3 Å². The van der Waals surface area contributed by atoms with Crippen LogP contribution < -0.4 is 4.68 Å². The zero-order valence-corrected chi connectivity index (χ0v) is 9.68. The van der Waals surface area contributed by atoms with E-state index in [1.165, 1.54) is 5.56 Å². The number of aryl methyl sites for hydroxylation is 1. The zero-order chi connectivity index (χ0) is 13.6. The van der Waals surface area contributed by atoms with Crippen LogP contribution in [0.5, 0.6) is 0 Å². The zero-order valence-electron chi connectivity index (χ0n) is 9.68. The number of hydrogen-bond donors (Lipinski definition) is 0. The molecule has 0 atom stereocenters. The van der Waals surface area contributed by atoms with Crippen LogP contribution >= 0.6 is 0 Å². The van der Waals surface area contributed by atoms with Crippen molar-refractivity contribution in [2.75, 3.05) is 0 Å². The van der Waals surface area contributed by atoms with Crippen LogP contribution in [0.1, 0.15) is 5.56 Å². The SMILES string of the molecule is C[n+]1ccn(Cc2ccccc2)n1.F[B-](F)(F)F. The van der Waals surface area contributed by atoms with Crippen molar-refractivity contribution in [2.24, 2.45) is 7.05 Å². The van der Waals surface area contributed by atoms with Gasteiger partial charge in [0.25, 0.3) is 0 Å². The van der Waals surface area contributed by atoms with Gasteiger partial charge in [-0.15, -0.1) is 9.36 Å². The molecule has 0 spiro atoms. The summed E-state index contributed by atoms with van der Waals surface area (Å²) < 4.78 is 42.7. The van der Waals surface area contributed by atoms with E-state index < -0.39 is 7.25 Å². The van der Waals surface area contributed by atoms with Crippen LogP contribution in [-0.2, 0) is 13.6 Å². The van der Waals surface area contributed by atoms with E-state index >= 15 is 0 Å². The quantitative estimate of drug-likeness (QED) is 0.460. The Balaban J connectivity index is 0.000000280. The molecule has 0 unspecified atom stereocenters. The minimum atomic E-state index is -6.00. The number of hydrogen-bond acceptors (Lipinski definition) is 1. The van der Waals surface area contributed by atoms with Crippen molar-refractivity contribution in [3.8, 4) is 0 Å². The van der Waals surface area contributed by atoms with E-state index in [9.17, 15) is 17.3 Å². The molecule has 0 amide bonds. The van der Waals surface area contributed by atoms with Gasteiger partial charge in [-0.2, -0.15) is 0 Å². The predicted octanol–water partition coefficient (Wildman–Crippen LogP) is 2.06. The lowest BCUT2D eigenvalue weighted by Gasteiger charge is -1.94. The van der Waals surface area contributed by atoms with E-state index in [1.54, 1.807) is 4.68 Å². The number of aromatic nitrogens is 3. The summed E-state index contributed by atoms with van der Waals surface area (Å²) in [6.07, 6.45) is 3.90. The number of nitrogens with zero attached hydrogens (tertiary/aromatic N) is 3. The maximum absolute atomic E-state index is 9.75. The molecule has 0 fully saturated rings. The van der Waals surface area contributed by atoms with Gasteiger partial charge in [0.2, 0.25) is 0 Å². The molecule has 2 aromatic rings. The van der Waals surface area contributed by atoms with E-state index in [4.69, 9.17) is 0 Å². The largest absolute Gasteiger partial charge is 0.673 e. The molecule has 0 saturated carbocycles. The van der Waals surface area contributed by atoms with Gasteiger partial charge in [-0.1, -0.05) is 30.3 Å². The average Bonchev–Trinajstić information content (AvgIpc) is 2.63. The Morgan fingerprint density at radius 2 is 1.72 bits per heavy atom. The van der Waals surface area contributed by atoms with Gasteiger partial charge >= 0.3 is 7.25 Å². The summed E-state index contributed by atoms with van der Waals surface area (Å²) in [6, 6.07) is 10.3. The van der Waals surface area contributed by atoms with Crippen molar-refractivity contribution in [2.45, 2.75) is 6.54 Å². The summed E-state index contributed by atoms with van der Waals surface area (Å²) in [5, 5.41) is 4.24. The molecule has 0 aliphatic carbocycles. The van der Waals surface area contributed by atoms with Gasteiger partial charge in [0, 0.05) is 0 Å². The minimum absolute atomic E-state index is 0.835. The highest BCUT2D eigenvalue weighted by Crippen LogP contribution is 2.06. The number of benzene rings is 1. The summed E-state index contributed by atoms with van der Waals surface area (Å²) in [6.45, 7) is 0.835. The van der Waals surface area contributed by atoms with Crippen molar-refractivity contribution in [3.63, 3.8) is 0 Å². The van der Waals surface area contributed by atoms with Gasteiger partial charge in [0.1, 0.15) is 13.6 Å². The second kappa shape index (κ2) is 6.18. The van der Waals surface area contributed by atoms with E-state index in [0.717, 1.165) is 6.54 Å².